The van der Waals surface area contributed by atoms with Gasteiger partial charge in [-0.3, -0.25) is 0 Å². The Kier molecular flexibility index (Phi) is 1.58. The number of fused-ring (bicyclic) bond motifs is 1. The molecule has 0 saturated heterocycles. The Labute approximate surface area is 73.0 Å². The van der Waals surface area contributed by atoms with E-state index >= 15 is 0 Å². The SMILES string of the molecule is Cc1cc2c(c(C)c1C)CNN2. The van der Waals surface area contributed by atoms with Crippen molar-refractivity contribution in [2.24, 2.45) is 0 Å². The summed E-state index contributed by atoms with van der Waals surface area (Å²) in [5.41, 5.74) is 13.2. The Hall–Kier alpha value is -1.02. The van der Waals surface area contributed by atoms with E-state index in [9.17, 15) is 0 Å². The molecule has 0 fully saturated rings. The third kappa shape index (κ3) is 0.916. The van der Waals surface area contributed by atoms with Crippen molar-refractivity contribution in [3.63, 3.8) is 0 Å². The number of rotatable bonds is 0. The first-order chi connectivity index (χ1) is 5.70. The molecule has 0 radical (unpaired) electrons. The number of benzene rings is 1. The normalized spacial score (nSPS) is 14.2. The molecule has 0 saturated carbocycles. The van der Waals surface area contributed by atoms with Gasteiger partial charge in [-0.25, -0.2) is 5.43 Å². The van der Waals surface area contributed by atoms with Gasteiger partial charge in [-0.1, -0.05) is 0 Å². The van der Waals surface area contributed by atoms with Crippen LogP contribution < -0.4 is 10.9 Å². The van der Waals surface area contributed by atoms with Gasteiger partial charge in [0.25, 0.3) is 0 Å². The second-order valence-electron chi connectivity index (χ2n) is 3.45. The second kappa shape index (κ2) is 2.49. The number of nitrogens with one attached hydrogen (secondary N) is 2. The lowest BCUT2D eigenvalue weighted by Crippen LogP contribution is -2.10. The highest BCUT2D eigenvalue weighted by atomic mass is 15.4. The van der Waals surface area contributed by atoms with Crippen molar-refractivity contribution in [1.82, 2.24) is 5.43 Å². The Morgan fingerprint density at radius 2 is 1.92 bits per heavy atom. The van der Waals surface area contributed by atoms with E-state index in [1.54, 1.807) is 0 Å². The molecule has 2 nitrogen and oxygen atoms in total. The quantitative estimate of drug-likeness (QED) is 0.610. The summed E-state index contributed by atoms with van der Waals surface area (Å²) >= 11 is 0. The van der Waals surface area contributed by atoms with Gasteiger partial charge >= 0.3 is 0 Å². The van der Waals surface area contributed by atoms with Crippen LogP contribution in [0.15, 0.2) is 6.07 Å². The highest BCUT2D eigenvalue weighted by molar-refractivity contribution is 5.61. The maximum atomic E-state index is 3.16. The summed E-state index contributed by atoms with van der Waals surface area (Å²) in [6, 6.07) is 2.21. The summed E-state index contributed by atoms with van der Waals surface area (Å²) in [4.78, 5) is 0. The molecule has 0 aromatic heterocycles. The highest BCUT2D eigenvalue weighted by Crippen LogP contribution is 2.27. The van der Waals surface area contributed by atoms with E-state index in [1.165, 1.54) is 27.9 Å². The van der Waals surface area contributed by atoms with E-state index in [2.05, 4.69) is 37.7 Å². The van der Waals surface area contributed by atoms with E-state index in [0.29, 0.717) is 0 Å². The van der Waals surface area contributed by atoms with E-state index in [1.807, 2.05) is 0 Å². The molecule has 0 atom stereocenters. The van der Waals surface area contributed by atoms with Gasteiger partial charge in [-0.15, -0.1) is 0 Å². The maximum Gasteiger partial charge on any atom is 0.0538 e. The molecule has 0 amide bonds. The summed E-state index contributed by atoms with van der Waals surface area (Å²) in [7, 11) is 0. The molecular formula is C10H14N2. The van der Waals surface area contributed by atoms with Crippen LogP contribution in [-0.4, -0.2) is 0 Å². The maximum absolute atomic E-state index is 3.16. The molecule has 1 aromatic rings. The fourth-order valence-electron chi connectivity index (χ4n) is 1.70. The predicted octanol–water partition coefficient (Wildman–Crippen LogP) is 2.04. The monoisotopic (exact) mass is 162 g/mol. The van der Waals surface area contributed by atoms with Crippen LogP contribution in [-0.2, 0) is 6.54 Å². The minimum atomic E-state index is 0.947. The van der Waals surface area contributed by atoms with Gasteiger partial charge in [0, 0.05) is 6.54 Å². The smallest absolute Gasteiger partial charge is 0.0538 e. The van der Waals surface area contributed by atoms with Crippen molar-refractivity contribution < 1.29 is 0 Å². The summed E-state index contributed by atoms with van der Waals surface area (Å²) in [5.74, 6) is 0. The molecule has 2 rings (SSSR count). The molecule has 2 heteroatoms. The van der Waals surface area contributed by atoms with Crippen molar-refractivity contribution in [2.45, 2.75) is 27.3 Å². The van der Waals surface area contributed by atoms with Crippen molar-refractivity contribution in [3.8, 4) is 0 Å². The topological polar surface area (TPSA) is 24.1 Å². The third-order valence-electron chi connectivity index (χ3n) is 2.78. The predicted molar refractivity (Wildman–Crippen MR) is 51.1 cm³/mol. The van der Waals surface area contributed by atoms with Crippen LogP contribution in [0.5, 0.6) is 0 Å². The fourth-order valence-corrected chi connectivity index (χ4v) is 1.70. The first kappa shape index (κ1) is 7.62. The summed E-state index contributed by atoms with van der Waals surface area (Å²) in [6.07, 6.45) is 0. The summed E-state index contributed by atoms with van der Waals surface area (Å²) in [6.45, 7) is 7.48. The van der Waals surface area contributed by atoms with Gasteiger partial charge in [0.05, 0.1) is 5.69 Å². The van der Waals surface area contributed by atoms with Gasteiger partial charge in [-0.2, -0.15) is 0 Å². The molecule has 1 aliphatic heterocycles. The minimum Gasteiger partial charge on any atom is -0.321 e. The van der Waals surface area contributed by atoms with Crippen LogP contribution in [0.2, 0.25) is 0 Å². The van der Waals surface area contributed by atoms with Crippen LogP contribution in [0.3, 0.4) is 0 Å². The van der Waals surface area contributed by atoms with Crippen LogP contribution in [0.4, 0.5) is 5.69 Å². The zero-order chi connectivity index (χ0) is 8.72. The molecule has 0 aliphatic carbocycles. The third-order valence-corrected chi connectivity index (χ3v) is 2.78. The molecular weight excluding hydrogens is 148 g/mol. The highest BCUT2D eigenvalue weighted by Gasteiger charge is 2.14. The molecule has 0 unspecified atom stereocenters. The molecule has 0 spiro atoms. The number of hydrogen-bond acceptors (Lipinski definition) is 2. The molecule has 1 heterocycles. The molecule has 1 aliphatic rings. The number of hydrogen-bond donors (Lipinski definition) is 2. The van der Waals surface area contributed by atoms with Gasteiger partial charge in [0.15, 0.2) is 0 Å². The Bertz CT molecular complexity index is 329. The zero-order valence-corrected chi connectivity index (χ0v) is 7.78. The average molecular weight is 162 g/mol. The first-order valence-corrected chi connectivity index (χ1v) is 4.28. The zero-order valence-electron chi connectivity index (χ0n) is 7.78. The largest absolute Gasteiger partial charge is 0.321 e. The fraction of sp³-hybridized carbons (Fsp3) is 0.400. The average Bonchev–Trinajstić information content (AvgIpc) is 2.48. The molecule has 1 aromatic carbocycles. The van der Waals surface area contributed by atoms with Crippen molar-refractivity contribution in [2.75, 3.05) is 5.43 Å². The molecule has 0 bridgehead atoms. The first-order valence-electron chi connectivity index (χ1n) is 4.28. The van der Waals surface area contributed by atoms with Crippen LogP contribution in [0, 0.1) is 20.8 Å². The van der Waals surface area contributed by atoms with Crippen molar-refractivity contribution in [1.29, 1.82) is 0 Å². The van der Waals surface area contributed by atoms with Crippen LogP contribution >= 0.6 is 0 Å². The lowest BCUT2D eigenvalue weighted by Gasteiger charge is -2.09. The molecule has 64 valence electrons. The van der Waals surface area contributed by atoms with E-state index in [-0.39, 0.29) is 0 Å². The second-order valence-corrected chi connectivity index (χ2v) is 3.45. The van der Waals surface area contributed by atoms with Crippen LogP contribution in [0.1, 0.15) is 22.3 Å². The van der Waals surface area contributed by atoms with E-state index < -0.39 is 0 Å². The van der Waals surface area contributed by atoms with Gasteiger partial charge in [-0.05, 0) is 49.1 Å². The minimum absolute atomic E-state index is 0.947. The number of hydrazine groups is 1. The number of anilines is 1. The van der Waals surface area contributed by atoms with Crippen molar-refractivity contribution in [3.05, 3.63) is 28.3 Å². The lowest BCUT2D eigenvalue weighted by molar-refractivity contribution is 0.855. The van der Waals surface area contributed by atoms with E-state index in [0.717, 1.165) is 6.54 Å². The molecule has 12 heavy (non-hydrogen) atoms. The molecule has 2 N–H and O–H groups in total. The standard InChI is InChI=1S/C10H14N2/c1-6-4-10-9(5-11-12-10)8(3)7(6)2/h4,11-12H,5H2,1-3H3. The summed E-state index contributed by atoms with van der Waals surface area (Å²) < 4.78 is 0. The van der Waals surface area contributed by atoms with Crippen LogP contribution in [0.25, 0.3) is 0 Å². The number of aryl methyl sites for hydroxylation is 1. The summed E-state index contributed by atoms with van der Waals surface area (Å²) in [5, 5.41) is 0. The van der Waals surface area contributed by atoms with E-state index in [4.69, 9.17) is 0 Å². The van der Waals surface area contributed by atoms with Gasteiger partial charge in [0.2, 0.25) is 0 Å². The van der Waals surface area contributed by atoms with Gasteiger partial charge in [0.1, 0.15) is 0 Å². The van der Waals surface area contributed by atoms with Gasteiger partial charge < -0.3 is 5.43 Å². The Morgan fingerprint density at radius 3 is 2.67 bits per heavy atom. The Morgan fingerprint density at radius 1 is 1.17 bits per heavy atom. The van der Waals surface area contributed by atoms with Crippen molar-refractivity contribution >= 4 is 5.69 Å². The Balaban J connectivity index is 2.67. The lowest BCUT2D eigenvalue weighted by atomic mass is 9.98.